The van der Waals surface area contributed by atoms with Gasteiger partial charge in [-0.25, -0.2) is 9.97 Å². The molecule has 0 radical (unpaired) electrons. The van der Waals surface area contributed by atoms with Crippen molar-refractivity contribution in [1.29, 1.82) is 0 Å². The molecule has 0 aliphatic carbocycles. The highest BCUT2D eigenvalue weighted by Gasteiger charge is 2.11. The number of ether oxygens (including phenoxy) is 1. The van der Waals surface area contributed by atoms with E-state index in [-0.39, 0.29) is 24.4 Å². The molecule has 2 amide bonds. The number of nitrogens with one attached hydrogen (secondary N) is 2. The highest BCUT2D eigenvalue weighted by molar-refractivity contribution is 7.39. The number of furan rings is 1. The number of aryl methyl sites for hydroxylation is 1. The molecule has 178 valence electrons. The topological polar surface area (TPSA) is 156 Å². The lowest BCUT2D eigenvalue weighted by Crippen LogP contribution is -2.33. The number of para-hydroxylation sites is 2. The molecular formula is C21H27N4O7P. The smallest absolute Gasteiger partial charge is 0.393 e. The largest absolute Gasteiger partial charge is 0.468 e. The molecule has 3 rings (SSSR count). The normalized spacial score (nSPS) is 10.5. The summed E-state index contributed by atoms with van der Waals surface area (Å²) in [6.45, 7) is 6.57. The van der Waals surface area contributed by atoms with Crippen LogP contribution in [0.15, 0.2) is 40.8 Å². The summed E-state index contributed by atoms with van der Waals surface area (Å²) in [4.78, 5) is 47.0. The highest BCUT2D eigenvalue weighted by atomic mass is 31.2. The van der Waals surface area contributed by atoms with Gasteiger partial charge in [-0.1, -0.05) is 26.0 Å². The number of carbonyl (C=O) groups excluding carboxylic acids is 2. The quantitative estimate of drug-likeness (QED) is 0.195. The van der Waals surface area contributed by atoms with E-state index in [0.717, 1.165) is 11.0 Å². The molecule has 0 aliphatic heterocycles. The summed E-state index contributed by atoms with van der Waals surface area (Å²) in [5.74, 6) is 0.935. The maximum Gasteiger partial charge on any atom is 0.393 e. The Morgan fingerprint density at radius 1 is 1.15 bits per heavy atom. The fourth-order valence-corrected chi connectivity index (χ4v) is 2.69. The number of rotatable bonds is 10. The monoisotopic (exact) mass is 478 g/mol. The fraction of sp³-hybridized carbons (Fsp3) is 0.333. The number of aromatic nitrogens is 2. The molecule has 0 saturated heterocycles. The molecule has 1 aromatic carbocycles. The minimum absolute atomic E-state index is 0.00577. The third kappa shape index (κ3) is 9.01. The van der Waals surface area contributed by atoms with Crippen molar-refractivity contribution in [3.63, 3.8) is 0 Å². The molecule has 3 aromatic rings. The van der Waals surface area contributed by atoms with Gasteiger partial charge in [-0.2, -0.15) is 0 Å². The number of carbonyl (C=O) groups is 2. The van der Waals surface area contributed by atoms with Crippen molar-refractivity contribution in [3.8, 4) is 11.8 Å². The lowest BCUT2D eigenvalue weighted by molar-refractivity contribution is -0.124. The second-order valence-electron chi connectivity index (χ2n) is 6.97. The van der Waals surface area contributed by atoms with Crippen molar-refractivity contribution < 1.29 is 33.1 Å². The van der Waals surface area contributed by atoms with Crippen molar-refractivity contribution in [2.75, 3.05) is 13.1 Å². The predicted molar refractivity (Wildman–Crippen MR) is 121 cm³/mol. The first-order valence-electron chi connectivity index (χ1n) is 10.1. The summed E-state index contributed by atoms with van der Waals surface area (Å²) in [5.41, 5.74) is 2.23. The van der Waals surface area contributed by atoms with Gasteiger partial charge in [-0.05, 0) is 25.1 Å². The predicted octanol–water partition coefficient (Wildman–Crippen LogP) is 2.21. The van der Waals surface area contributed by atoms with Gasteiger partial charge in [0, 0.05) is 25.1 Å². The number of benzene rings is 1. The lowest BCUT2D eigenvalue weighted by Gasteiger charge is -2.07. The van der Waals surface area contributed by atoms with Gasteiger partial charge >= 0.3 is 8.60 Å². The second kappa shape index (κ2) is 13.3. The first-order valence-corrected chi connectivity index (χ1v) is 11.2. The first-order chi connectivity index (χ1) is 15.8. The zero-order valence-corrected chi connectivity index (χ0v) is 19.4. The third-order valence-electron chi connectivity index (χ3n) is 4.04. The van der Waals surface area contributed by atoms with Crippen LogP contribution in [0.4, 0.5) is 0 Å². The van der Waals surface area contributed by atoms with Crippen molar-refractivity contribution >= 4 is 32.0 Å². The maximum atomic E-state index is 10.9. The summed E-state index contributed by atoms with van der Waals surface area (Å²) in [5, 5.41) is 5.10. The van der Waals surface area contributed by atoms with Crippen LogP contribution in [0.25, 0.3) is 11.0 Å². The standard InChI is InChI=1S/C14H13N2O5P.C7H14N2O2/c1-9-14(16-12-5-3-2-4-11(12)15-9)19-8-10-6-7-13(20-10)21-22(17)18;1-6(2)7(11)9-4-3-8-5-10/h2-7,17-18H,8H2,1H3;5-6H,3-4H2,1-2H3,(H,8,10)(H,9,11). The molecule has 2 heterocycles. The van der Waals surface area contributed by atoms with E-state index in [0.29, 0.717) is 36.8 Å². The summed E-state index contributed by atoms with van der Waals surface area (Å²) >= 11 is 0. The Hall–Kier alpha value is -3.27. The zero-order chi connectivity index (χ0) is 24.2. The molecule has 0 saturated carbocycles. The minimum atomic E-state index is -2.50. The molecule has 0 fully saturated rings. The van der Waals surface area contributed by atoms with Gasteiger partial charge in [0.05, 0.1) is 11.0 Å². The van der Waals surface area contributed by atoms with E-state index < -0.39 is 8.60 Å². The molecule has 33 heavy (non-hydrogen) atoms. The number of hydrogen-bond acceptors (Lipinski definition) is 9. The molecule has 11 nitrogen and oxygen atoms in total. The van der Waals surface area contributed by atoms with E-state index in [1.165, 1.54) is 6.07 Å². The van der Waals surface area contributed by atoms with Gasteiger partial charge < -0.3 is 34.1 Å². The van der Waals surface area contributed by atoms with E-state index in [9.17, 15) is 9.59 Å². The molecule has 0 atom stereocenters. The minimum Gasteiger partial charge on any atom is -0.468 e. The summed E-state index contributed by atoms with van der Waals surface area (Å²) in [7, 11) is -2.50. The maximum absolute atomic E-state index is 10.9. The molecule has 12 heteroatoms. The fourth-order valence-electron chi connectivity index (χ4n) is 2.43. The SMILES string of the molecule is CC(C)C(=O)NCCNC=O.Cc1nc2ccccc2nc1OCc1ccc(OP(O)O)o1. The summed E-state index contributed by atoms with van der Waals surface area (Å²) < 4.78 is 15.5. The van der Waals surface area contributed by atoms with E-state index in [1.807, 2.05) is 45.0 Å². The third-order valence-corrected chi connectivity index (χ3v) is 4.38. The van der Waals surface area contributed by atoms with Crippen LogP contribution in [-0.2, 0) is 16.2 Å². The second-order valence-corrected chi connectivity index (χ2v) is 7.66. The number of fused-ring (bicyclic) bond motifs is 1. The van der Waals surface area contributed by atoms with Gasteiger partial charge in [0.15, 0.2) is 0 Å². The molecule has 0 aliphatic rings. The number of nitrogens with zero attached hydrogens (tertiary/aromatic N) is 2. The van der Waals surface area contributed by atoms with Gasteiger partial charge in [-0.3, -0.25) is 9.59 Å². The molecular weight excluding hydrogens is 451 g/mol. The van der Waals surface area contributed by atoms with Crippen LogP contribution in [0.5, 0.6) is 11.8 Å². The van der Waals surface area contributed by atoms with Crippen LogP contribution in [-0.4, -0.2) is 45.2 Å². The van der Waals surface area contributed by atoms with Crippen LogP contribution in [0.1, 0.15) is 25.3 Å². The summed E-state index contributed by atoms with van der Waals surface area (Å²) in [6, 6.07) is 10.6. The molecule has 0 unspecified atom stereocenters. The average Bonchev–Trinajstić information content (AvgIpc) is 3.22. The van der Waals surface area contributed by atoms with Crippen LogP contribution < -0.4 is 19.9 Å². The Balaban J connectivity index is 0.000000299. The Morgan fingerprint density at radius 3 is 2.48 bits per heavy atom. The van der Waals surface area contributed by atoms with Crippen molar-refractivity contribution in [2.45, 2.75) is 27.4 Å². The van der Waals surface area contributed by atoms with Crippen molar-refractivity contribution in [1.82, 2.24) is 20.6 Å². The van der Waals surface area contributed by atoms with Crippen LogP contribution in [0.2, 0.25) is 0 Å². The van der Waals surface area contributed by atoms with Crippen LogP contribution >= 0.6 is 8.60 Å². The Kier molecular flexibility index (Phi) is 10.5. The zero-order valence-electron chi connectivity index (χ0n) is 18.5. The van der Waals surface area contributed by atoms with E-state index in [1.54, 1.807) is 6.07 Å². The van der Waals surface area contributed by atoms with Gasteiger partial charge in [0.2, 0.25) is 18.2 Å². The average molecular weight is 478 g/mol. The van der Waals surface area contributed by atoms with Crippen molar-refractivity contribution in [2.24, 2.45) is 5.92 Å². The highest BCUT2D eigenvalue weighted by Crippen LogP contribution is 2.30. The number of hydrogen-bond donors (Lipinski definition) is 4. The molecule has 2 aromatic heterocycles. The molecule has 0 bridgehead atoms. The van der Waals surface area contributed by atoms with Gasteiger partial charge in [0.1, 0.15) is 18.1 Å². The van der Waals surface area contributed by atoms with Crippen LogP contribution in [0.3, 0.4) is 0 Å². The first kappa shape index (κ1) is 26.0. The molecule has 0 spiro atoms. The Labute approximate surface area is 192 Å². The van der Waals surface area contributed by atoms with Crippen LogP contribution in [0, 0.1) is 12.8 Å². The van der Waals surface area contributed by atoms with Crippen molar-refractivity contribution in [3.05, 3.63) is 47.9 Å². The van der Waals surface area contributed by atoms with Gasteiger partial charge in [-0.15, -0.1) is 0 Å². The Bertz CT molecular complexity index is 1040. The molecule has 4 N–H and O–H groups in total. The number of amides is 2. The Morgan fingerprint density at radius 2 is 1.85 bits per heavy atom. The van der Waals surface area contributed by atoms with E-state index in [2.05, 4.69) is 25.1 Å². The summed E-state index contributed by atoms with van der Waals surface area (Å²) in [6.07, 6.45) is 0.613. The van der Waals surface area contributed by atoms with E-state index in [4.69, 9.17) is 18.9 Å². The van der Waals surface area contributed by atoms with Gasteiger partial charge in [0.25, 0.3) is 5.95 Å². The van der Waals surface area contributed by atoms with E-state index >= 15 is 0 Å². The lowest BCUT2D eigenvalue weighted by atomic mass is 10.2.